The molecule has 0 saturated carbocycles. The van der Waals surface area contributed by atoms with Gasteiger partial charge in [0.2, 0.25) is 0 Å². The van der Waals surface area contributed by atoms with Crippen molar-refractivity contribution in [2.24, 2.45) is 0 Å². The molecule has 1 aliphatic rings. The summed E-state index contributed by atoms with van der Waals surface area (Å²) in [5, 5.41) is 8.68. The zero-order valence-corrected chi connectivity index (χ0v) is 9.37. The molecule has 0 spiro atoms. The van der Waals surface area contributed by atoms with E-state index in [9.17, 15) is 0 Å². The number of hydrogen-bond donors (Lipinski definition) is 1. The molecule has 2 nitrogen and oxygen atoms in total. The van der Waals surface area contributed by atoms with Crippen molar-refractivity contribution in [3.8, 4) is 0 Å². The van der Waals surface area contributed by atoms with E-state index in [2.05, 4.69) is 6.92 Å². The average molecular weight is 200 g/mol. The highest BCUT2D eigenvalue weighted by Gasteiger charge is 2.36. The van der Waals surface area contributed by atoms with Gasteiger partial charge in [-0.05, 0) is 12.8 Å². The van der Waals surface area contributed by atoms with Crippen molar-refractivity contribution in [1.82, 2.24) is 0 Å². The van der Waals surface area contributed by atoms with Crippen molar-refractivity contribution >= 4 is 0 Å². The van der Waals surface area contributed by atoms with Gasteiger partial charge < -0.3 is 9.84 Å². The molecule has 14 heavy (non-hydrogen) atoms. The van der Waals surface area contributed by atoms with Gasteiger partial charge in [0.25, 0.3) is 0 Å². The Balaban J connectivity index is 1.77. The normalized spacial score (nSPS) is 25.3. The summed E-state index contributed by atoms with van der Waals surface area (Å²) in [6.45, 7) is 2.52. The van der Waals surface area contributed by atoms with Crippen molar-refractivity contribution in [3.05, 3.63) is 0 Å². The third-order valence-corrected chi connectivity index (χ3v) is 2.94. The second kappa shape index (κ2) is 7.24. The van der Waals surface area contributed by atoms with Crippen molar-refractivity contribution < 1.29 is 9.84 Å². The highest BCUT2D eigenvalue weighted by atomic mass is 16.6. The van der Waals surface area contributed by atoms with Crippen molar-refractivity contribution in [2.45, 2.75) is 70.5 Å². The van der Waals surface area contributed by atoms with Gasteiger partial charge in [-0.3, -0.25) is 0 Å². The van der Waals surface area contributed by atoms with Gasteiger partial charge in [0.05, 0.1) is 12.2 Å². The third kappa shape index (κ3) is 4.97. The zero-order chi connectivity index (χ0) is 10.2. The first kappa shape index (κ1) is 12.0. The molecule has 0 amide bonds. The minimum Gasteiger partial charge on any atom is -0.396 e. The molecule has 2 heteroatoms. The number of aliphatic hydroxyl groups excluding tert-OH is 1. The minimum absolute atomic E-state index is 0.275. The van der Waals surface area contributed by atoms with Crippen LogP contribution in [-0.2, 0) is 4.74 Å². The number of rotatable bonds is 9. The molecule has 0 radical (unpaired) electrons. The Bertz CT molecular complexity index is 136. The maximum Gasteiger partial charge on any atom is 0.0863 e. The highest BCUT2D eigenvalue weighted by Crippen LogP contribution is 2.29. The minimum atomic E-state index is 0.275. The molecule has 1 fully saturated rings. The summed E-state index contributed by atoms with van der Waals surface area (Å²) in [5.74, 6) is 0. The van der Waals surface area contributed by atoms with Crippen LogP contribution in [0, 0.1) is 0 Å². The maximum absolute atomic E-state index is 8.68. The van der Waals surface area contributed by atoms with E-state index in [-0.39, 0.29) is 6.61 Å². The first-order chi connectivity index (χ1) is 6.88. The molecule has 0 aliphatic carbocycles. The monoisotopic (exact) mass is 200 g/mol. The van der Waals surface area contributed by atoms with E-state index in [0.29, 0.717) is 12.2 Å². The number of ether oxygens (including phenoxy) is 1. The molecule has 1 N–H and O–H groups in total. The first-order valence-corrected chi connectivity index (χ1v) is 6.14. The second-order valence-corrected chi connectivity index (χ2v) is 4.28. The Kier molecular flexibility index (Phi) is 6.20. The average Bonchev–Trinajstić information content (AvgIpc) is 2.91. The van der Waals surface area contributed by atoms with Crippen LogP contribution in [0.4, 0.5) is 0 Å². The Morgan fingerprint density at radius 2 is 1.57 bits per heavy atom. The summed E-state index contributed by atoms with van der Waals surface area (Å²) < 4.78 is 5.43. The van der Waals surface area contributed by atoms with Gasteiger partial charge in [0.1, 0.15) is 0 Å². The molecule has 1 aliphatic heterocycles. The molecular weight excluding hydrogens is 176 g/mol. The van der Waals surface area contributed by atoms with Gasteiger partial charge in [-0.1, -0.05) is 45.4 Å². The van der Waals surface area contributed by atoms with Crippen LogP contribution >= 0.6 is 0 Å². The zero-order valence-electron chi connectivity index (χ0n) is 9.37. The summed E-state index contributed by atoms with van der Waals surface area (Å²) in [7, 11) is 0. The first-order valence-electron chi connectivity index (χ1n) is 6.14. The summed E-state index contributed by atoms with van der Waals surface area (Å²) in [6.07, 6.45) is 11.0. The molecule has 2 atom stereocenters. The highest BCUT2D eigenvalue weighted by molar-refractivity contribution is 4.83. The molecule has 1 heterocycles. The summed E-state index contributed by atoms with van der Waals surface area (Å²) >= 11 is 0. The maximum atomic E-state index is 8.68. The topological polar surface area (TPSA) is 32.8 Å². The Labute approximate surface area is 87.7 Å². The van der Waals surface area contributed by atoms with Gasteiger partial charge in [0.15, 0.2) is 0 Å². The number of hydrogen-bond acceptors (Lipinski definition) is 2. The molecular formula is C12H24O2. The van der Waals surface area contributed by atoms with Gasteiger partial charge in [0, 0.05) is 6.61 Å². The summed E-state index contributed by atoms with van der Waals surface area (Å²) in [6, 6.07) is 0. The number of unbranched alkanes of at least 4 members (excludes halogenated alkanes) is 5. The number of epoxide rings is 1. The van der Waals surface area contributed by atoms with Gasteiger partial charge >= 0.3 is 0 Å². The fraction of sp³-hybridized carbons (Fsp3) is 1.00. The quantitative estimate of drug-likeness (QED) is 0.458. The molecule has 1 saturated heterocycles. The van der Waals surface area contributed by atoms with Crippen LogP contribution in [0.5, 0.6) is 0 Å². The summed E-state index contributed by atoms with van der Waals surface area (Å²) in [5.41, 5.74) is 0. The molecule has 0 aromatic rings. The predicted molar refractivity (Wildman–Crippen MR) is 58.4 cm³/mol. The van der Waals surface area contributed by atoms with Crippen molar-refractivity contribution in [2.75, 3.05) is 6.61 Å². The lowest BCUT2D eigenvalue weighted by Crippen LogP contribution is -1.96. The van der Waals surface area contributed by atoms with Crippen molar-refractivity contribution in [1.29, 1.82) is 0 Å². The summed E-state index contributed by atoms with van der Waals surface area (Å²) in [4.78, 5) is 0. The van der Waals surface area contributed by atoms with Crippen molar-refractivity contribution in [3.63, 3.8) is 0 Å². The van der Waals surface area contributed by atoms with Crippen LogP contribution in [0.15, 0.2) is 0 Å². The number of aliphatic hydroxyl groups is 1. The largest absolute Gasteiger partial charge is 0.396 e. The lowest BCUT2D eigenvalue weighted by Gasteiger charge is -1.98. The van der Waals surface area contributed by atoms with E-state index in [1.807, 2.05) is 0 Å². The lowest BCUT2D eigenvalue weighted by molar-refractivity contribution is 0.262. The van der Waals surface area contributed by atoms with Crippen LogP contribution in [0.3, 0.4) is 0 Å². The van der Waals surface area contributed by atoms with Gasteiger partial charge in [-0.15, -0.1) is 0 Å². The van der Waals surface area contributed by atoms with Crippen LogP contribution in [0.25, 0.3) is 0 Å². The van der Waals surface area contributed by atoms with Gasteiger partial charge in [-0.2, -0.15) is 0 Å². The third-order valence-electron chi connectivity index (χ3n) is 2.94. The van der Waals surface area contributed by atoms with Crippen LogP contribution in [0.2, 0.25) is 0 Å². The van der Waals surface area contributed by atoms with E-state index >= 15 is 0 Å². The molecule has 84 valence electrons. The fourth-order valence-corrected chi connectivity index (χ4v) is 1.94. The smallest absolute Gasteiger partial charge is 0.0863 e. The second-order valence-electron chi connectivity index (χ2n) is 4.28. The van der Waals surface area contributed by atoms with E-state index in [1.165, 1.54) is 44.9 Å². The van der Waals surface area contributed by atoms with E-state index in [4.69, 9.17) is 9.84 Å². The fourth-order valence-electron chi connectivity index (χ4n) is 1.94. The lowest BCUT2D eigenvalue weighted by atomic mass is 10.1. The standard InChI is InChI=1S/C12H24O2/c1-2-3-4-5-6-7-8-11-12(14-11)9-10-13/h11-13H,2-10H2,1H3. The van der Waals surface area contributed by atoms with Gasteiger partial charge in [-0.25, -0.2) is 0 Å². The SMILES string of the molecule is CCCCCCCCC1OC1CCO. The predicted octanol–water partition coefficient (Wildman–Crippen LogP) is 2.89. The van der Waals surface area contributed by atoms with Crippen LogP contribution < -0.4 is 0 Å². The Hall–Kier alpha value is -0.0800. The molecule has 0 aromatic carbocycles. The molecule has 2 unspecified atom stereocenters. The van der Waals surface area contributed by atoms with E-state index in [1.54, 1.807) is 0 Å². The molecule has 1 rings (SSSR count). The van der Waals surface area contributed by atoms with E-state index < -0.39 is 0 Å². The van der Waals surface area contributed by atoms with Crippen LogP contribution in [0.1, 0.15) is 58.3 Å². The Morgan fingerprint density at radius 3 is 2.29 bits per heavy atom. The molecule has 0 bridgehead atoms. The Morgan fingerprint density at radius 1 is 0.929 bits per heavy atom. The van der Waals surface area contributed by atoms with Crippen LogP contribution in [-0.4, -0.2) is 23.9 Å². The molecule has 0 aromatic heterocycles. The van der Waals surface area contributed by atoms with E-state index in [0.717, 1.165) is 6.42 Å².